The average Bonchev–Trinajstić information content (AvgIpc) is 3.05. The number of hydrogen-bond donors (Lipinski definition) is 0. The van der Waals surface area contributed by atoms with Crippen LogP contribution in [0.5, 0.6) is 5.75 Å². The van der Waals surface area contributed by atoms with Crippen LogP contribution >= 0.6 is 23.2 Å². The minimum Gasteiger partial charge on any atom is -0.494 e. The molecule has 0 spiro atoms. The first-order valence-corrected chi connectivity index (χ1v) is 10.6. The molecule has 148 valence electrons. The number of benzene rings is 2. The van der Waals surface area contributed by atoms with Crippen LogP contribution in [0.4, 0.5) is 5.69 Å². The largest absolute Gasteiger partial charge is 0.494 e. The van der Waals surface area contributed by atoms with Crippen LogP contribution in [0.1, 0.15) is 24.0 Å². The first kappa shape index (κ1) is 19.6. The second kappa shape index (κ2) is 9.17. The zero-order valence-electron chi connectivity index (χ0n) is 15.9. The van der Waals surface area contributed by atoms with Crippen LogP contribution in [0.25, 0.3) is 0 Å². The summed E-state index contributed by atoms with van der Waals surface area (Å²) in [5.41, 5.74) is 3.51. The van der Waals surface area contributed by atoms with E-state index in [4.69, 9.17) is 27.9 Å². The van der Waals surface area contributed by atoms with Crippen molar-refractivity contribution >= 4 is 35.1 Å². The molecule has 0 aromatic heterocycles. The Labute approximate surface area is 176 Å². The van der Waals surface area contributed by atoms with Gasteiger partial charge in [0.25, 0.3) is 0 Å². The molecular weight excluding hydrogens is 393 g/mol. The van der Waals surface area contributed by atoms with Crippen molar-refractivity contribution in [1.29, 1.82) is 0 Å². The van der Waals surface area contributed by atoms with Gasteiger partial charge in [0, 0.05) is 32.4 Å². The highest BCUT2D eigenvalue weighted by Gasteiger charge is 2.18. The van der Waals surface area contributed by atoms with Crippen LogP contribution in [0, 0.1) is 0 Å². The third kappa shape index (κ3) is 4.62. The SMILES string of the molecule is Clc1cccc(N2CCCN(CCCOc3ccc4c(c3)CN=C4)CC2)c1Cl. The van der Waals surface area contributed by atoms with Gasteiger partial charge < -0.3 is 14.5 Å². The molecule has 0 aliphatic carbocycles. The van der Waals surface area contributed by atoms with Crippen molar-refractivity contribution in [1.82, 2.24) is 4.90 Å². The third-order valence-corrected chi connectivity index (χ3v) is 6.16. The molecule has 28 heavy (non-hydrogen) atoms. The monoisotopic (exact) mass is 417 g/mol. The maximum atomic E-state index is 6.40. The summed E-state index contributed by atoms with van der Waals surface area (Å²) >= 11 is 12.6. The van der Waals surface area contributed by atoms with Crippen molar-refractivity contribution in [2.24, 2.45) is 4.99 Å². The van der Waals surface area contributed by atoms with E-state index in [0.29, 0.717) is 10.0 Å². The summed E-state index contributed by atoms with van der Waals surface area (Å²) in [5, 5.41) is 1.28. The molecule has 4 rings (SSSR count). The zero-order chi connectivity index (χ0) is 19.3. The molecule has 0 radical (unpaired) electrons. The lowest BCUT2D eigenvalue weighted by Crippen LogP contribution is -2.32. The van der Waals surface area contributed by atoms with Gasteiger partial charge >= 0.3 is 0 Å². The van der Waals surface area contributed by atoms with E-state index >= 15 is 0 Å². The number of aliphatic imine (C=N–C) groups is 1. The molecular formula is C22H25Cl2N3O. The molecule has 0 unspecified atom stereocenters. The summed E-state index contributed by atoms with van der Waals surface area (Å²) in [6, 6.07) is 12.1. The molecule has 6 heteroatoms. The standard InChI is InChI=1S/C22H25Cl2N3O/c23-20-4-1-5-21(22(20)24)27-10-2-8-26(11-12-27)9-3-13-28-19-7-6-17-15-25-16-18(17)14-19/h1,4-7,14-15H,2-3,8-13,16H2. The van der Waals surface area contributed by atoms with Crippen molar-refractivity contribution in [2.45, 2.75) is 19.4 Å². The quantitative estimate of drug-likeness (QED) is 0.625. The molecule has 0 atom stereocenters. The summed E-state index contributed by atoms with van der Waals surface area (Å²) in [5.74, 6) is 0.946. The van der Waals surface area contributed by atoms with E-state index in [9.17, 15) is 0 Å². The van der Waals surface area contributed by atoms with Crippen molar-refractivity contribution in [3.05, 3.63) is 57.6 Å². The van der Waals surface area contributed by atoms with E-state index in [2.05, 4.69) is 33.0 Å². The first-order chi connectivity index (χ1) is 13.7. The molecule has 2 aliphatic rings. The fourth-order valence-electron chi connectivity index (χ4n) is 3.83. The van der Waals surface area contributed by atoms with Crippen LogP contribution in [0.15, 0.2) is 41.4 Å². The lowest BCUT2D eigenvalue weighted by Gasteiger charge is -2.25. The normalized spacial score (nSPS) is 16.9. The fourth-order valence-corrected chi connectivity index (χ4v) is 4.24. The van der Waals surface area contributed by atoms with E-state index in [-0.39, 0.29) is 0 Å². The Bertz CT molecular complexity index is 856. The lowest BCUT2D eigenvalue weighted by molar-refractivity contribution is 0.244. The van der Waals surface area contributed by atoms with Gasteiger partial charge in [-0.15, -0.1) is 0 Å². The number of fused-ring (bicyclic) bond motifs is 1. The van der Waals surface area contributed by atoms with Gasteiger partial charge in [0.1, 0.15) is 5.75 Å². The summed E-state index contributed by atoms with van der Waals surface area (Å²) < 4.78 is 5.95. The number of nitrogens with zero attached hydrogens (tertiary/aromatic N) is 3. The Morgan fingerprint density at radius 2 is 1.96 bits per heavy atom. The van der Waals surface area contributed by atoms with E-state index < -0.39 is 0 Å². The van der Waals surface area contributed by atoms with E-state index in [1.165, 1.54) is 11.1 Å². The summed E-state index contributed by atoms with van der Waals surface area (Å²) in [6.45, 7) is 6.65. The summed E-state index contributed by atoms with van der Waals surface area (Å²) in [4.78, 5) is 9.15. The van der Waals surface area contributed by atoms with Gasteiger partial charge in [-0.25, -0.2) is 0 Å². The Morgan fingerprint density at radius 3 is 2.89 bits per heavy atom. The second-order valence-electron chi connectivity index (χ2n) is 7.29. The van der Waals surface area contributed by atoms with E-state index in [1.54, 1.807) is 0 Å². The second-order valence-corrected chi connectivity index (χ2v) is 8.07. The topological polar surface area (TPSA) is 28.1 Å². The predicted octanol–water partition coefficient (Wildman–Crippen LogP) is 4.91. The highest BCUT2D eigenvalue weighted by molar-refractivity contribution is 6.43. The van der Waals surface area contributed by atoms with Gasteiger partial charge in [0.15, 0.2) is 0 Å². The van der Waals surface area contributed by atoms with Crippen LogP contribution in [0.2, 0.25) is 10.0 Å². The first-order valence-electron chi connectivity index (χ1n) is 9.87. The number of rotatable bonds is 6. The Hall–Kier alpha value is -1.75. The maximum absolute atomic E-state index is 6.40. The fraction of sp³-hybridized carbons (Fsp3) is 0.409. The molecule has 1 saturated heterocycles. The molecule has 0 saturated carbocycles. The molecule has 2 aromatic rings. The van der Waals surface area contributed by atoms with Crippen LogP contribution in [-0.4, -0.2) is 50.4 Å². The molecule has 1 fully saturated rings. The highest BCUT2D eigenvalue weighted by atomic mass is 35.5. The Kier molecular flexibility index (Phi) is 6.40. The van der Waals surface area contributed by atoms with Gasteiger partial charge in [-0.3, -0.25) is 4.99 Å². The highest BCUT2D eigenvalue weighted by Crippen LogP contribution is 2.32. The molecule has 4 nitrogen and oxygen atoms in total. The number of ether oxygens (including phenoxy) is 1. The van der Waals surface area contributed by atoms with Crippen molar-refractivity contribution in [2.75, 3.05) is 44.2 Å². The molecule has 0 bridgehead atoms. The molecule has 2 aliphatic heterocycles. The average molecular weight is 418 g/mol. The minimum atomic E-state index is 0.621. The van der Waals surface area contributed by atoms with Crippen molar-refractivity contribution < 1.29 is 4.74 Å². The molecule has 2 heterocycles. The Balaban J connectivity index is 1.22. The number of halogens is 2. The van der Waals surface area contributed by atoms with Gasteiger partial charge in [-0.05, 0) is 60.8 Å². The van der Waals surface area contributed by atoms with Gasteiger partial charge in [0.2, 0.25) is 0 Å². The van der Waals surface area contributed by atoms with Crippen LogP contribution in [-0.2, 0) is 6.54 Å². The molecule has 0 amide bonds. The zero-order valence-corrected chi connectivity index (χ0v) is 17.4. The minimum absolute atomic E-state index is 0.621. The van der Waals surface area contributed by atoms with Crippen molar-refractivity contribution in [3.63, 3.8) is 0 Å². The summed E-state index contributed by atoms with van der Waals surface area (Å²) in [6.07, 6.45) is 4.07. The lowest BCUT2D eigenvalue weighted by atomic mass is 10.1. The van der Waals surface area contributed by atoms with Gasteiger partial charge in [-0.2, -0.15) is 0 Å². The molecule has 0 N–H and O–H groups in total. The third-order valence-electron chi connectivity index (χ3n) is 5.35. The van der Waals surface area contributed by atoms with Crippen molar-refractivity contribution in [3.8, 4) is 5.75 Å². The Morgan fingerprint density at radius 1 is 1.04 bits per heavy atom. The number of hydrogen-bond acceptors (Lipinski definition) is 4. The van der Waals surface area contributed by atoms with Crippen LogP contribution < -0.4 is 9.64 Å². The summed E-state index contributed by atoms with van der Waals surface area (Å²) in [7, 11) is 0. The number of anilines is 1. The van der Waals surface area contributed by atoms with E-state index in [1.807, 2.05) is 24.4 Å². The van der Waals surface area contributed by atoms with Gasteiger partial charge in [0.05, 0.1) is 28.9 Å². The van der Waals surface area contributed by atoms with Crippen LogP contribution in [0.3, 0.4) is 0 Å². The smallest absolute Gasteiger partial charge is 0.119 e. The van der Waals surface area contributed by atoms with Gasteiger partial charge in [-0.1, -0.05) is 29.3 Å². The molecule has 2 aromatic carbocycles. The maximum Gasteiger partial charge on any atom is 0.119 e. The van der Waals surface area contributed by atoms with E-state index in [0.717, 1.165) is 70.2 Å². The predicted molar refractivity (Wildman–Crippen MR) is 118 cm³/mol.